The summed E-state index contributed by atoms with van der Waals surface area (Å²) >= 11 is 0. The van der Waals surface area contributed by atoms with E-state index in [1.807, 2.05) is 0 Å². The molecule has 1 aromatic carbocycles. The predicted octanol–water partition coefficient (Wildman–Crippen LogP) is 2.32. The van der Waals surface area contributed by atoms with Gasteiger partial charge < -0.3 is 5.11 Å². The van der Waals surface area contributed by atoms with E-state index in [1.54, 1.807) is 0 Å². The van der Waals surface area contributed by atoms with Gasteiger partial charge in [-0.3, -0.25) is 9.59 Å². The van der Waals surface area contributed by atoms with Crippen molar-refractivity contribution in [3.63, 3.8) is 0 Å². The summed E-state index contributed by atoms with van der Waals surface area (Å²) in [6.45, 7) is 1.41. The van der Waals surface area contributed by atoms with E-state index in [0.29, 0.717) is 6.07 Å². The van der Waals surface area contributed by atoms with Crippen LogP contribution in [-0.2, 0) is 4.79 Å². The van der Waals surface area contributed by atoms with E-state index in [1.165, 1.54) is 6.92 Å². The summed E-state index contributed by atoms with van der Waals surface area (Å²) in [6.07, 6.45) is -0.661. The second-order valence-corrected chi connectivity index (χ2v) is 3.40. The Morgan fingerprint density at radius 3 is 2.38 bits per heavy atom. The quantitative estimate of drug-likeness (QED) is 0.804. The number of halogens is 2. The van der Waals surface area contributed by atoms with Crippen molar-refractivity contribution in [1.29, 1.82) is 0 Å². The van der Waals surface area contributed by atoms with Gasteiger partial charge in [0.15, 0.2) is 5.78 Å². The lowest BCUT2D eigenvalue weighted by Gasteiger charge is -2.03. The smallest absolute Gasteiger partial charge is 0.303 e. The molecule has 3 nitrogen and oxygen atoms in total. The zero-order valence-corrected chi connectivity index (χ0v) is 8.59. The number of hydrogen-bond acceptors (Lipinski definition) is 2. The molecule has 0 amide bonds. The molecule has 0 heterocycles. The molecule has 0 unspecified atom stereocenters. The number of carbonyl (C=O) groups is 2. The minimum Gasteiger partial charge on any atom is -0.481 e. The van der Waals surface area contributed by atoms with Crippen LogP contribution in [0.5, 0.6) is 0 Å². The number of benzene rings is 1. The number of carboxylic acid groups (broad SMARTS) is 1. The molecule has 1 N–H and O–H groups in total. The molecule has 0 aliphatic rings. The minimum atomic E-state index is -1.13. The molecule has 0 bridgehead atoms. The van der Waals surface area contributed by atoms with Crippen LogP contribution in [-0.4, -0.2) is 16.9 Å². The van der Waals surface area contributed by atoms with Crippen molar-refractivity contribution >= 4 is 11.8 Å². The van der Waals surface area contributed by atoms with E-state index in [4.69, 9.17) is 5.11 Å². The second-order valence-electron chi connectivity index (χ2n) is 3.40. The minimum absolute atomic E-state index is 0.153. The third-order valence-corrected chi connectivity index (χ3v) is 2.11. The number of aliphatic carboxylic acids is 1. The van der Waals surface area contributed by atoms with Gasteiger partial charge in [-0.2, -0.15) is 0 Å². The molecule has 0 aliphatic carbocycles. The lowest BCUT2D eigenvalue weighted by atomic mass is 10.0. The Labute approximate surface area is 90.7 Å². The number of Topliss-reactive ketones (excluding diaryl/α,β-unsaturated/α-hetero) is 1. The Morgan fingerprint density at radius 1 is 1.19 bits per heavy atom. The highest BCUT2D eigenvalue weighted by Gasteiger charge is 2.15. The van der Waals surface area contributed by atoms with Crippen LogP contribution in [0, 0.1) is 18.6 Å². The first kappa shape index (κ1) is 12.3. The van der Waals surface area contributed by atoms with E-state index in [9.17, 15) is 18.4 Å². The predicted molar refractivity (Wildman–Crippen MR) is 52.3 cm³/mol. The summed E-state index contributed by atoms with van der Waals surface area (Å²) in [5.41, 5.74) is -0.111. The van der Waals surface area contributed by atoms with Crippen LogP contribution in [0.25, 0.3) is 0 Å². The van der Waals surface area contributed by atoms with Crippen molar-refractivity contribution in [3.8, 4) is 0 Å². The number of carboxylic acids is 1. The first-order valence-electron chi connectivity index (χ1n) is 4.62. The molecule has 0 aromatic heterocycles. The molecule has 0 saturated carbocycles. The Balaban J connectivity index is 2.91. The average molecular weight is 228 g/mol. The van der Waals surface area contributed by atoms with Crippen molar-refractivity contribution in [2.24, 2.45) is 0 Å². The first-order chi connectivity index (χ1) is 7.41. The zero-order valence-electron chi connectivity index (χ0n) is 8.59. The molecule has 0 saturated heterocycles. The Morgan fingerprint density at radius 2 is 1.81 bits per heavy atom. The molecule has 0 atom stereocenters. The van der Waals surface area contributed by atoms with Gasteiger partial charge in [0.1, 0.15) is 11.6 Å². The summed E-state index contributed by atoms with van der Waals surface area (Å²) in [5.74, 6) is -3.46. The van der Waals surface area contributed by atoms with Gasteiger partial charge in [0.25, 0.3) is 0 Å². The molecule has 5 heteroatoms. The highest BCUT2D eigenvalue weighted by Crippen LogP contribution is 2.16. The topological polar surface area (TPSA) is 54.4 Å². The number of carbonyl (C=O) groups excluding carboxylic acids is 1. The lowest BCUT2D eigenvalue weighted by molar-refractivity contribution is -0.136. The van der Waals surface area contributed by atoms with Gasteiger partial charge >= 0.3 is 5.97 Å². The number of rotatable bonds is 4. The maximum atomic E-state index is 13.2. The number of ketones is 1. The van der Waals surface area contributed by atoms with Crippen molar-refractivity contribution in [2.45, 2.75) is 19.8 Å². The van der Waals surface area contributed by atoms with E-state index in [0.717, 1.165) is 6.07 Å². The number of aryl methyl sites for hydroxylation is 1. The van der Waals surface area contributed by atoms with Gasteiger partial charge in [-0.25, -0.2) is 8.78 Å². The van der Waals surface area contributed by atoms with Crippen molar-refractivity contribution in [1.82, 2.24) is 0 Å². The molecule has 0 spiro atoms. The SMILES string of the molecule is Cc1cc(C(=O)CCC(=O)O)c(F)cc1F. The monoisotopic (exact) mass is 228 g/mol. The van der Waals surface area contributed by atoms with E-state index >= 15 is 0 Å². The molecule has 1 rings (SSSR count). The Kier molecular flexibility index (Phi) is 3.71. The van der Waals surface area contributed by atoms with Gasteiger partial charge in [0.05, 0.1) is 12.0 Å². The molecular weight excluding hydrogens is 218 g/mol. The molecule has 0 radical (unpaired) electrons. The van der Waals surface area contributed by atoms with Gasteiger partial charge in [-0.05, 0) is 18.6 Å². The highest BCUT2D eigenvalue weighted by atomic mass is 19.1. The van der Waals surface area contributed by atoms with Crippen LogP contribution in [0.1, 0.15) is 28.8 Å². The van der Waals surface area contributed by atoms with E-state index in [-0.39, 0.29) is 24.0 Å². The maximum Gasteiger partial charge on any atom is 0.303 e. The van der Waals surface area contributed by atoms with Gasteiger partial charge in [-0.15, -0.1) is 0 Å². The van der Waals surface area contributed by atoms with Crippen molar-refractivity contribution in [2.75, 3.05) is 0 Å². The van der Waals surface area contributed by atoms with Crippen LogP contribution < -0.4 is 0 Å². The Hall–Kier alpha value is -1.78. The molecule has 16 heavy (non-hydrogen) atoms. The average Bonchev–Trinajstić information content (AvgIpc) is 2.20. The molecule has 0 fully saturated rings. The summed E-state index contributed by atoms with van der Waals surface area (Å²) < 4.78 is 26.1. The fourth-order valence-electron chi connectivity index (χ4n) is 1.23. The van der Waals surface area contributed by atoms with Crippen LogP contribution in [0.3, 0.4) is 0 Å². The van der Waals surface area contributed by atoms with Gasteiger partial charge in [0.2, 0.25) is 0 Å². The summed E-state index contributed by atoms with van der Waals surface area (Å²) in [5, 5.41) is 8.37. The van der Waals surface area contributed by atoms with Crippen LogP contribution >= 0.6 is 0 Å². The van der Waals surface area contributed by atoms with E-state index < -0.39 is 23.4 Å². The zero-order chi connectivity index (χ0) is 12.3. The summed E-state index contributed by atoms with van der Waals surface area (Å²) in [6, 6.07) is 1.72. The third-order valence-electron chi connectivity index (χ3n) is 2.11. The normalized spacial score (nSPS) is 10.2. The Bertz CT molecular complexity index is 441. The first-order valence-corrected chi connectivity index (χ1v) is 4.62. The van der Waals surface area contributed by atoms with Gasteiger partial charge in [-0.1, -0.05) is 0 Å². The van der Waals surface area contributed by atoms with Crippen molar-refractivity contribution < 1.29 is 23.5 Å². The molecule has 1 aromatic rings. The second kappa shape index (κ2) is 4.83. The molecule has 86 valence electrons. The summed E-state index contributed by atoms with van der Waals surface area (Å²) in [4.78, 5) is 21.6. The largest absolute Gasteiger partial charge is 0.481 e. The van der Waals surface area contributed by atoms with Crippen LogP contribution in [0.15, 0.2) is 12.1 Å². The van der Waals surface area contributed by atoms with Crippen LogP contribution in [0.4, 0.5) is 8.78 Å². The van der Waals surface area contributed by atoms with Crippen LogP contribution in [0.2, 0.25) is 0 Å². The summed E-state index contributed by atoms with van der Waals surface area (Å²) in [7, 11) is 0. The maximum absolute atomic E-state index is 13.2. The number of hydrogen-bond donors (Lipinski definition) is 1. The molecule has 0 aliphatic heterocycles. The van der Waals surface area contributed by atoms with Crippen molar-refractivity contribution in [3.05, 3.63) is 34.9 Å². The standard InChI is InChI=1S/C11H10F2O3/c1-6-4-7(9(13)5-8(6)12)10(14)2-3-11(15)16/h4-5H,2-3H2,1H3,(H,15,16). The third kappa shape index (κ3) is 2.85. The lowest BCUT2D eigenvalue weighted by Crippen LogP contribution is -2.07. The van der Waals surface area contributed by atoms with Gasteiger partial charge in [0, 0.05) is 12.5 Å². The fraction of sp³-hybridized carbons (Fsp3) is 0.273. The fourth-order valence-corrected chi connectivity index (χ4v) is 1.23. The molecular formula is C11H10F2O3. The highest BCUT2D eigenvalue weighted by molar-refractivity contribution is 5.97. The van der Waals surface area contributed by atoms with E-state index in [2.05, 4.69) is 0 Å².